The minimum Gasteiger partial charge on any atom is -0.468 e. The van der Waals surface area contributed by atoms with Crippen LogP contribution in [0.5, 0.6) is 0 Å². The van der Waals surface area contributed by atoms with Gasteiger partial charge in [0.2, 0.25) is 0 Å². The van der Waals surface area contributed by atoms with E-state index in [1.165, 1.54) is 11.3 Å². The van der Waals surface area contributed by atoms with Crippen LogP contribution in [0.2, 0.25) is 0 Å². The summed E-state index contributed by atoms with van der Waals surface area (Å²) < 4.78 is 7.29. The molecule has 4 heterocycles. The maximum Gasteiger partial charge on any atom is 0.265 e. The molecule has 1 amide bonds. The highest BCUT2D eigenvalue weighted by Crippen LogP contribution is 2.37. The van der Waals surface area contributed by atoms with Crippen molar-refractivity contribution in [2.75, 3.05) is 11.9 Å². The summed E-state index contributed by atoms with van der Waals surface area (Å²) in [7, 11) is 1.88. The van der Waals surface area contributed by atoms with Crippen molar-refractivity contribution in [3.05, 3.63) is 57.4 Å². The van der Waals surface area contributed by atoms with Gasteiger partial charge in [-0.2, -0.15) is 5.10 Å². The number of likely N-dealkylation sites (tertiary alicyclic amines) is 1. The molecule has 27 heavy (non-hydrogen) atoms. The van der Waals surface area contributed by atoms with Gasteiger partial charge in [0.1, 0.15) is 5.76 Å². The number of hydrogen-bond acceptors (Lipinski definition) is 5. The molecule has 0 saturated carbocycles. The zero-order valence-electron chi connectivity index (χ0n) is 15.9. The average Bonchev–Trinajstić information content (AvgIpc) is 3.41. The molecule has 6 nitrogen and oxygen atoms in total. The summed E-state index contributed by atoms with van der Waals surface area (Å²) in [6.07, 6.45) is 4.00. The number of aryl methyl sites for hydroxylation is 2. The standard InChI is InChI=1S/C20H24N4O2S/c1-13-19(14(2)23(3)22-13)21-20(25)18-9-8-17(27-18)16-7-4-10-24(16)12-15-6-5-11-26-15/h5-6,8-9,11,16H,4,7,10,12H2,1-3H3,(H,21,25)/t16-/m1/s1. The van der Waals surface area contributed by atoms with Crippen LogP contribution in [0.1, 0.15) is 50.6 Å². The van der Waals surface area contributed by atoms with E-state index in [9.17, 15) is 4.79 Å². The third-order valence-electron chi connectivity index (χ3n) is 5.23. The van der Waals surface area contributed by atoms with Crippen molar-refractivity contribution in [2.45, 2.75) is 39.3 Å². The molecule has 0 aliphatic carbocycles. The van der Waals surface area contributed by atoms with E-state index in [4.69, 9.17) is 4.42 Å². The van der Waals surface area contributed by atoms with Crippen molar-refractivity contribution in [3.63, 3.8) is 0 Å². The number of furan rings is 1. The number of nitrogens with one attached hydrogen (secondary N) is 1. The second-order valence-corrected chi connectivity index (χ2v) is 8.15. The Balaban J connectivity index is 1.48. The Morgan fingerprint density at radius 3 is 2.93 bits per heavy atom. The summed E-state index contributed by atoms with van der Waals surface area (Å²) in [5.41, 5.74) is 2.59. The number of aromatic nitrogens is 2. The highest BCUT2D eigenvalue weighted by atomic mass is 32.1. The quantitative estimate of drug-likeness (QED) is 0.713. The molecule has 1 N–H and O–H groups in total. The Labute approximate surface area is 162 Å². The van der Waals surface area contributed by atoms with Crippen molar-refractivity contribution in [1.82, 2.24) is 14.7 Å². The first-order chi connectivity index (χ1) is 13.0. The van der Waals surface area contributed by atoms with Crippen LogP contribution < -0.4 is 5.32 Å². The van der Waals surface area contributed by atoms with E-state index >= 15 is 0 Å². The Morgan fingerprint density at radius 1 is 1.37 bits per heavy atom. The fourth-order valence-corrected chi connectivity index (χ4v) is 4.80. The van der Waals surface area contributed by atoms with Gasteiger partial charge in [0, 0.05) is 18.0 Å². The minimum atomic E-state index is -0.0685. The van der Waals surface area contributed by atoms with Crippen LogP contribution in [0, 0.1) is 13.8 Å². The number of nitrogens with zero attached hydrogens (tertiary/aromatic N) is 3. The van der Waals surface area contributed by atoms with Gasteiger partial charge in [-0.05, 0) is 57.5 Å². The predicted octanol–water partition coefficient (Wildman–Crippen LogP) is 4.28. The Hall–Kier alpha value is -2.38. The molecule has 1 saturated heterocycles. The molecular formula is C20H24N4O2S. The number of hydrogen-bond donors (Lipinski definition) is 1. The third-order valence-corrected chi connectivity index (χ3v) is 6.41. The van der Waals surface area contributed by atoms with Crippen molar-refractivity contribution in [3.8, 4) is 0 Å². The Morgan fingerprint density at radius 2 is 2.22 bits per heavy atom. The van der Waals surface area contributed by atoms with Crippen molar-refractivity contribution in [2.24, 2.45) is 7.05 Å². The van der Waals surface area contributed by atoms with Crippen LogP contribution >= 0.6 is 11.3 Å². The van der Waals surface area contributed by atoms with Gasteiger partial charge in [0.05, 0.1) is 34.8 Å². The molecule has 1 fully saturated rings. The second kappa shape index (κ2) is 7.32. The zero-order valence-corrected chi connectivity index (χ0v) is 16.7. The van der Waals surface area contributed by atoms with Crippen molar-refractivity contribution >= 4 is 22.9 Å². The van der Waals surface area contributed by atoms with Crippen molar-refractivity contribution < 1.29 is 9.21 Å². The van der Waals surface area contributed by atoms with Gasteiger partial charge >= 0.3 is 0 Å². The third kappa shape index (κ3) is 3.57. The lowest BCUT2D eigenvalue weighted by atomic mass is 10.2. The molecule has 0 spiro atoms. The maximum absolute atomic E-state index is 12.7. The van der Waals surface area contributed by atoms with Crippen molar-refractivity contribution in [1.29, 1.82) is 0 Å². The highest BCUT2D eigenvalue weighted by Gasteiger charge is 2.28. The fraction of sp³-hybridized carbons (Fsp3) is 0.400. The molecule has 0 unspecified atom stereocenters. The molecule has 0 bridgehead atoms. The smallest absolute Gasteiger partial charge is 0.265 e. The second-order valence-electron chi connectivity index (χ2n) is 7.03. The molecule has 1 aliphatic heterocycles. The van der Waals surface area contributed by atoms with Gasteiger partial charge in [0.15, 0.2) is 0 Å². The molecule has 7 heteroatoms. The van der Waals surface area contributed by atoms with Crippen LogP contribution in [-0.2, 0) is 13.6 Å². The van der Waals surface area contributed by atoms with Crippen LogP contribution in [0.25, 0.3) is 0 Å². The van der Waals surface area contributed by atoms with Crippen LogP contribution in [0.3, 0.4) is 0 Å². The van der Waals surface area contributed by atoms with Gasteiger partial charge in [-0.15, -0.1) is 11.3 Å². The van der Waals surface area contributed by atoms with Crippen LogP contribution in [-0.4, -0.2) is 27.1 Å². The fourth-order valence-electron chi connectivity index (χ4n) is 3.72. The minimum absolute atomic E-state index is 0.0685. The lowest BCUT2D eigenvalue weighted by Crippen LogP contribution is -2.21. The maximum atomic E-state index is 12.7. The van der Waals surface area contributed by atoms with E-state index in [-0.39, 0.29) is 5.91 Å². The monoisotopic (exact) mass is 384 g/mol. The molecule has 142 valence electrons. The van der Waals surface area contributed by atoms with E-state index in [1.807, 2.05) is 39.1 Å². The summed E-state index contributed by atoms with van der Waals surface area (Å²) in [5.74, 6) is 0.917. The van der Waals surface area contributed by atoms with E-state index in [2.05, 4.69) is 21.4 Å². The SMILES string of the molecule is Cc1nn(C)c(C)c1NC(=O)c1ccc([C@H]2CCCN2Cc2ccco2)s1. The Bertz CT molecular complexity index is 942. The first-order valence-corrected chi connectivity index (χ1v) is 10.0. The lowest BCUT2D eigenvalue weighted by molar-refractivity contribution is 0.103. The summed E-state index contributed by atoms with van der Waals surface area (Å²) >= 11 is 1.58. The van der Waals surface area contributed by atoms with Gasteiger partial charge in [-0.3, -0.25) is 14.4 Å². The summed E-state index contributed by atoms with van der Waals surface area (Å²) in [4.78, 5) is 17.1. The summed E-state index contributed by atoms with van der Waals surface area (Å²) in [5, 5.41) is 7.39. The van der Waals surface area contributed by atoms with Gasteiger partial charge < -0.3 is 9.73 Å². The van der Waals surface area contributed by atoms with E-state index in [1.54, 1.807) is 22.3 Å². The van der Waals surface area contributed by atoms with E-state index < -0.39 is 0 Å². The summed E-state index contributed by atoms with van der Waals surface area (Å²) in [6.45, 7) is 5.73. The molecule has 0 aromatic carbocycles. The molecule has 4 rings (SSSR count). The molecule has 3 aromatic heterocycles. The number of anilines is 1. The first kappa shape index (κ1) is 18.0. The zero-order chi connectivity index (χ0) is 19.0. The van der Waals surface area contributed by atoms with Gasteiger partial charge in [0.25, 0.3) is 5.91 Å². The van der Waals surface area contributed by atoms with Gasteiger partial charge in [-0.1, -0.05) is 0 Å². The highest BCUT2D eigenvalue weighted by molar-refractivity contribution is 7.14. The number of carbonyl (C=O) groups excluding carboxylic acids is 1. The molecule has 1 atom stereocenters. The summed E-state index contributed by atoms with van der Waals surface area (Å²) in [6, 6.07) is 8.31. The predicted molar refractivity (Wildman–Crippen MR) is 106 cm³/mol. The van der Waals surface area contributed by atoms with Crippen LogP contribution in [0.4, 0.5) is 5.69 Å². The molecular weight excluding hydrogens is 360 g/mol. The van der Waals surface area contributed by atoms with Crippen LogP contribution in [0.15, 0.2) is 34.9 Å². The molecule has 0 radical (unpaired) electrons. The largest absolute Gasteiger partial charge is 0.468 e. The van der Waals surface area contributed by atoms with E-state index in [0.717, 1.165) is 47.2 Å². The molecule has 1 aliphatic rings. The normalized spacial score (nSPS) is 17.5. The molecule has 3 aromatic rings. The number of amides is 1. The van der Waals surface area contributed by atoms with E-state index in [0.29, 0.717) is 6.04 Å². The first-order valence-electron chi connectivity index (χ1n) is 9.20. The lowest BCUT2D eigenvalue weighted by Gasteiger charge is -2.22. The number of carbonyl (C=O) groups is 1. The van der Waals surface area contributed by atoms with Gasteiger partial charge in [-0.25, -0.2) is 0 Å². The topological polar surface area (TPSA) is 63.3 Å². The number of rotatable bonds is 5. The number of thiophene rings is 1. The average molecular weight is 385 g/mol. The Kier molecular flexibility index (Phi) is 4.88.